The standard InChI is InChI=1S/C18H17NO4S/c20-18(19-12-9-10-24(21,22)11-12)17-13-5-1-3-7-15(13)23-16-8-4-2-6-14(16)17/h1-8,12,17H,9-11H2,(H,19,20)/t12-/m1/s1. The van der Waals surface area contributed by atoms with Gasteiger partial charge >= 0.3 is 0 Å². The van der Waals surface area contributed by atoms with Crippen LogP contribution >= 0.6 is 0 Å². The van der Waals surface area contributed by atoms with Crippen LogP contribution < -0.4 is 10.1 Å². The molecule has 0 aliphatic carbocycles. The predicted molar refractivity (Wildman–Crippen MR) is 90.0 cm³/mol. The van der Waals surface area contributed by atoms with Gasteiger partial charge in [0.05, 0.1) is 17.4 Å². The summed E-state index contributed by atoms with van der Waals surface area (Å²) in [6.07, 6.45) is 0.473. The molecule has 1 atom stereocenters. The second-order valence-corrected chi connectivity index (χ2v) is 8.45. The number of rotatable bonds is 2. The number of hydrogen-bond donors (Lipinski definition) is 1. The van der Waals surface area contributed by atoms with Crippen molar-refractivity contribution in [2.75, 3.05) is 11.5 Å². The minimum absolute atomic E-state index is 0.0191. The molecule has 0 aromatic heterocycles. The molecule has 5 nitrogen and oxygen atoms in total. The highest BCUT2D eigenvalue weighted by Crippen LogP contribution is 2.43. The van der Waals surface area contributed by atoms with Crippen molar-refractivity contribution in [3.63, 3.8) is 0 Å². The molecule has 24 heavy (non-hydrogen) atoms. The van der Waals surface area contributed by atoms with Gasteiger partial charge in [0.2, 0.25) is 5.91 Å². The van der Waals surface area contributed by atoms with Crippen LogP contribution in [0.15, 0.2) is 48.5 Å². The van der Waals surface area contributed by atoms with Gasteiger partial charge in [0, 0.05) is 17.2 Å². The Morgan fingerprint density at radius 3 is 2.12 bits per heavy atom. The Labute approximate surface area is 140 Å². The third-order valence-electron chi connectivity index (χ3n) is 4.52. The molecule has 0 bridgehead atoms. The van der Waals surface area contributed by atoms with E-state index < -0.39 is 15.8 Å². The van der Waals surface area contributed by atoms with E-state index in [2.05, 4.69) is 5.32 Å². The summed E-state index contributed by atoms with van der Waals surface area (Å²) >= 11 is 0. The zero-order chi connectivity index (χ0) is 16.7. The zero-order valence-corrected chi connectivity index (χ0v) is 13.8. The second kappa shape index (κ2) is 5.63. The molecule has 2 heterocycles. The Hall–Kier alpha value is -2.34. The Morgan fingerprint density at radius 1 is 1.00 bits per heavy atom. The van der Waals surface area contributed by atoms with Crippen LogP contribution in [0.25, 0.3) is 0 Å². The topological polar surface area (TPSA) is 72.5 Å². The molecule has 2 aromatic carbocycles. The fourth-order valence-corrected chi connectivity index (χ4v) is 5.06. The summed E-state index contributed by atoms with van der Waals surface area (Å²) in [5.41, 5.74) is 1.60. The van der Waals surface area contributed by atoms with Gasteiger partial charge in [0.1, 0.15) is 11.5 Å². The summed E-state index contributed by atoms with van der Waals surface area (Å²) in [4.78, 5) is 12.9. The van der Waals surface area contributed by atoms with Crippen LogP contribution in [0.2, 0.25) is 0 Å². The van der Waals surface area contributed by atoms with Crippen LogP contribution in [0, 0.1) is 0 Å². The summed E-state index contributed by atoms with van der Waals surface area (Å²) in [5, 5.41) is 2.91. The number of hydrogen-bond acceptors (Lipinski definition) is 4. The molecular formula is C18H17NO4S. The average Bonchev–Trinajstić information content (AvgIpc) is 2.91. The van der Waals surface area contributed by atoms with E-state index in [1.54, 1.807) is 0 Å². The van der Waals surface area contributed by atoms with E-state index in [0.717, 1.165) is 11.1 Å². The summed E-state index contributed by atoms with van der Waals surface area (Å²) in [7, 11) is -3.03. The lowest BCUT2D eigenvalue weighted by molar-refractivity contribution is -0.122. The predicted octanol–water partition coefficient (Wildman–Crippen LogP) is 2.23. The number of carbonyl (C=O) groups is 1. The van der Waals surface area contributed by atoms with Gasteiger partial charge in [-0.1, -0.05) is 36.4 Å². The molecule has 1 N–H and O–H groups in total. The summed E-state index contributed by atoms with van der Waals surface area (Å²) in [6, 6.07) is 14.6. The molecule has 0 saturated carbocycles. The lowest BCUT2D eigenvalue weighted by Crippen LogP contribution is -2.39. The molecule has 0 spiro atoms. The van der Waals surface area contributed by atoms with Crippen LogP contribution in [0.4, 0.5) is 0 Å². The maximum absolute atomic E-state index is 12.9. The van der Waals surface area contributed by atoms with Gasteiger partial charge in [-0.05, 0) is 18.6 Å². The molecule has 2 aliphatic rings. The first-order chi connectivity index (χ1) is 11.5. The van der Waals surface area contributed by atoms with Crippen LogP contribution in [0.5, 0.6) is 11.5 Å². The van der Waals surface area contributed by atoms with Gasteiger partial charge < -0.3 is 10.1 Å². The van der Waals surface area contributed by atoms with Gasteiger partial charge in [-0.3, -0.25) is 4.79 Å². The SMILES string of the molecule is O=C(N[C@@H]1CCS(=O)(=O)C1)C1c2ccccc2Oc2ccccc21. The molecule has 2 aromatic rings. The van der Waals surface area contributed by atoms with Crippen molar-refractivity contribution < 1.29 is 17.9 Å². The van der Waals surface area contributed by atoms with E-state index >= 15 is 0 Å². The van der Waals surface area contributed by atoms with E-state index in [1.807, 2.05) is 48.5 Å². The number of carbonyl (C=O) groups excluding carboxylic acids is 1. The molecule has 124 valence electrons. The van der Waals surface area contributed by atoms with Gasteiger partial charge in [-0.2, -0.15) is 0 Å². The quantitative estimate of drug-likeness (QED) is 0.907. The first-order valence-electron chi connectivity index (χ1n) is 7.90. The lowest BCUT2D eigenvalue weighted by atomic mass is 9.87. The van der Waals surface area contributed by atoms with Crippen molar-refractivity contribution in [2.45, 2.75) is 18.4 Å². The molecule has 1 amide bonds. The Bertz CT molecular complexity index is 861. The minimum Gasteiger partial charge on any atom is -0.457 e. The fourth-order valence-electron chi connectivity index (χ4n) is 3.39. The number of fused-ring (bicyclic) bond motifs is 2. The third-order valence-corrected chi connectivity index (χ3v) is 6.29. The van der Waals surface area contributed by atoms with Crippen LogP contribution in [0.1, 0.15) is 23.5 Å². The van der Waals surface area contributed by atoms with E-state index in [1.165, 1.54) is 0 Å². The Morgan fingerprint density at radius 2 is 1.58 bits per heavy atom. The second-order valence-electron chi connectivity index (χ2n) is 6.22. The maximum Gasteiger partial charge on any atom is 0.232 e. The number of benzene rings is 2. The molecule has 1 fully saturated rings. The zero-order valence-electron chi connectivity index (χ0n) is 12.9. The molecule has 0 radical (unpaired) electrons. The van der Waals surface area contributed by atoms with E-state index in [9.17, 15) is 13.2 Å². The number of ether oxygens (including phenoxy) is 1. The molecular weight excluding hydrogens is 326 g/mol. The number of sulfone groups is 1. The third kappa shape index (κ3) is 2.67. The fraction of sp³-hybridized carbons (Fsp3) is 0.278. The van der Waals surface area contributed by atoms with Crippen LogP contribution in [-0.2, 0) is 14.6 Å². The van der Waals surface area contributed by atoms with Crippen molar-refractivity contribution in [3.8, 4) is 11.5 Å². The summed E-state index contributed by atoms with van der Waals surface area (Å²) < 4.78 is 29.1. The highest BCUT2D eigenvalue weighted by molar-refractivity contribution is 7.91. The van der Waals surface area contributed by atoms with Crippen molar-refractivity contribution in [1.82, 2.24) is 5.32 Å². The molecule has 0 unspecified atom stereocenters. The van der Waals surface area contributed by atoms with Gasteiger partial charge in [0.15, 0.2) is 9.84 Å². The monoisotopic (exact) mass is 343 g/mol. The lowest BCUT2D eigenvalue weighted by Gasteiger charge is -2.28. The number of nitrogens with one attached hydrogen (secondary N) is 1. The van der Waals surface area contributed by atoms with Crippen LogP contribution in [0.3, 0.4) is 0 Å². The smallest absolute Gasteiger partial charge is 0.232 e. The van der Waals surface area contributed by atoms with Crippen molar-refractivity contribution in [1.29, 1.82) is 0 Å². The first-order valence-corrected chi connectivity index (χ1v) is 9.72. The van der Waals surface area contributed by atoms with Crippen molar-refractivity contribution in [2.24, 2.45) is 0 Å². The van der Waals surface area contributed by atoms with Crippen molar-refractivity contribution in [3.05, 3.63) is 59.7 Å². The highest BCUT2D eigenvalue weighted by atomic mass is 32.2. The molecule has 1 saturated heterocycles. The largest absolute Gasteiger partial charge is 0.457 e. The Balaban J connectivity index is 1.68. The first kappa shape index (κ1) is 15.2. The molecule has 4 rings (SSSR count). The normalized spacial score (nSPS) is 21.4. The summed E-state index contributed by atoms with van der Waals surface area (Å²) in [6.45, 7) is 0. The van der Waals surface area contributed by atoms with Gasteiger partial charge in [-0.25, -0.2) is 8.42 Å². The van der Waals surface area contributed by atoms with Gasteiger partial charge in [-0.15, -0.1) is 0 Å². The van der Waals surface area contributed by atoms with Crippen LogP contribution in [-0.4, -0.2) is 31.9 Å². The number of para-hydroxylation sites is 2. The van der Waals surface area contributed by atoms with E-state index in [-0.39, 0.29) is 23.5 Å². The Kier molecular flexibility index (Phi) is 3.57. The molecule has 2 aliphatic heterocycles. The van der Waals surface area contributed by atoms with E-state index in [0.29, 0.717) is 17.9 Å². The average molecular weight is 343 g/mol. The summed E-state index contributed by atoms with van der Waals surface area (Å²) in [5.74, 6) is 0.810. The van der Waals surface area contributed by atoms with Crippen molar-refractivity contribution >= 4 is 15.7 Å². The molecule has 6 heteroatoms. The minimum atomic E-state index is -3.03. The van der Waals surface area contributed by atoms with E-state index in [4.69, 9.17) is 4.74 Å². The van der Waals surface area contributed by atoms with Gasteiger partial charge in [0.25, 0.3) is 0 Å². The maximum atomic E-state index is 12.9. The number of amides is 1. The highest BCUT2D eigenvalue weighted by Gasteiger charge is 2.35.